The number of likely N-dealkylation sites (tertiary alicyclic amines) is 1. The second-order valence-electron chi connectivity index (χ2n) is 9.30. The van der Waals surface area contributed by atoms with Gasteiger partial charge in [-0.15, -0.1) is 0 Å². The van der Waals surface area contributed by atoms with Gasteiger partial charge < -0.3 is 4.90 Å². The average molecular weight is 474 g/mol. The van der Waals surface area contributed by atoms with Crippen molar-refractivity contribution in [3.8, 4) is 0 Å². The lowest BCUT2D eigenvalue weighted by Gasteiger charge is -2.42. The molecule has 3 atom stereocenters. The Labute approximate surface area is 203 Å². The predicted molar refractivity (Wildman–Crippen MR) is 138 cm³/mol. The molecular formula is C27H31N5OS. The minimum absolute atomic E-state index is 0.335. The molecule has 0 radical (unpaired) electrons. The van der Waals surface area contributed by atoms with Crippen LogP contribution in [0.4, 0.5) is 5.82 Å². The van der Waals surface area contributed by atoms with E-state index in [-0.39, 0.29) is 0 Å². The Morgan fingerprint density at radius 1 is 1.06 bits per heavy atom. The first-order chi connectivity index (χ1) is 16.5. The number of aryl methyl sites for hydroxylation is 1. The van der Waals surface area contributed by atoms with E-state index in [9.17, 15) is 4.21 Å². The van der Waals surface area contributed by atoms with Gasteiger partial charge in [0.1, 0.15) is 12.1 Å². The highest BCUT2D eigenvalue weighted by Crippen LogP contribution is 2.30. The smallest absolute Gasteiger partial charge is 0.158 e. The number of benzene rings is 2. The summed E-state index contributed by atoms with van der Waals surface area (Å²) in [7, 11) is 0.768. The molecule has 6 nitrogen and oxygen atoms in total. The third kappa shape index (κ3) is 4.50. The lowest BCUT2D eigenvalue weighted by atomic mass is 9.92. The summed E-state index contributed by atoms with van der Waals surface area (Å²) in [5.41, 5.74) is 3.19. The van der Waals surface area contributed by atoms with Crippen molar-refractivity contribution in [2.24, 2.45) is 5.92 Å². The molecule has 1 unspecified atom stereocenters. The van der Waals surface area contributed by atoms with Crippen molar-refractivity contribution in [2.45, 2.75) is 37.8 Å². The van der Waals surface area contributed by atoms with Crippen molar-refractivity contribution >= 4 is 27.8 Å². The predicted octanol–water partition coefficient (Wildman–Crippen LogP) is 4.66. The third-order valence-electron chi connectivity index (χ3n) is 6.91. The summed E-state index contributed by atoms with van der Waals surface area (Å²) in [5, 5.41) is 0.929. The number of likely N-dealkylation sites (N-methyl/N-ethyl adjacent to an activating group) is 1. The Bertz CT molecular complexity index is 1290. The van der Waals surface area contributed by atoms with E-state index in [4.69, 9.17) is 0 Å². The second kappa shape index (κ2) is 9.68. The van der Waals surface area contributed by atoms with Gasteiger partial charge in [0.15, 0.2) is 16.6 Å². The summed E-state index contributed by atoms with van der Waals surface area (Å²) in [6.45, 7) is 7.40. The summed E-state index contributed by atoms with van der Waals surface area (Å²) in [5.74, 6) is 1.44. The van der Waals surface area contributed by atoms with E-state index in [1.807, 2.05) is 43.5 Å². The first-order valence-corrected chi connectivity index (χ1v) is 12.9. The second-order valence-corrected chi connectivity index (χ2v) is 10.7. The molecule has 0 bridgehead atoms. The molecule has 1 fully saturated rings. The van der Waals surface area contributed by atoms with Gasteiger partial charge in [-0.25, -0.2) is 18.1 Å². The van der Waals surface area contributed by atoms with Crippen LogP contribution in [-0.2, 0) is 17.5 Å². The molecule has 4 aromatic rings. The number of fused-ring (bicyclic) bond motifs is 1. The fraction of sp³-hybridized carbons (Fsp3) is 0.333. The monoisotopic (exact) mass is 473 g/mol. The van der Waals surface area contributed by atoms with Crippen LogP contribution in [0.2, 0.25) is 0 Å². The molecule has 34 heavy (non-hydrogen) atoms. The van der Waals surface area contributed by atoms with Gasteiger partial charge in [-0.2, -0.15) is 0 Å². The number of nitrogens with zero attached hydrogens (tertiary/aromatic N) is 5. The van der Waals surface area contributed by atoms with Gasteiger partial charge in [0, 0.05) is 32.4 Å². The quantitative estimate of drug-likeness (QED) is 0.408. The first-order valence-electron chi connectivity index (χ1n) is 11.8. The van der Waals surface area contributed by atoms with Crippen molar-refractivity contribution in [3.63, 3.8) is 0 Å². The largest absolute Gasteiger partial charge is 0.354 e. The van der Waals surface area contributed by atoms with Gasteiger partial charge in [0.2, 0.25) is 0 Å². The number of rotatable bonds is 6. The standard InChI is InChI=1S/C27H31N5OS/c1-20-9-11-23(12-10-20)34(33)32-16-14-24-26(28-19-29-27(24)32)30(3)25-18-31(15-13-21(25)2)17-22-7-5-4-6-8-22/h4-12,14,16,19,21,25H,13,15,17-18H2,1-3H3/t21-,25+,34?/m1/s1. The van der Waals surface area contributed by atoms with Crippen LogP contribution in [0.25, 0.3) is 11.0 Å². The maximum Gasteiger partial charge on any atom is 0.158 e. The highest BCUT2D eigenvalue weighted by Gasteiger charge is 2.31. The van der Waals surface area contributed by atoms with E-state index in [2.05, 4.69) is 64.1 Å². The van der Waals surface area contributed by atoms with Gasteiger partial charge >= 0.3 is 0 Å². The van der Waals surface area contributed by atoms with Crippen molar-refractivity contribution in [1.82, 2.24) is 18.8 Å². The first kappa shape index (κ1) is 22.7. The maximum absolute atomic E-state index is 13.3. The Morgan fingerprint density at radius 2 is 1.82 bits per heavy atom. The van der Waals surface area contributed by atoms with Gasteiger partial charge in [0.25, 0.3) is 0 Å². The molecule has 0 spiro atoms. The highest BCUT2D eigenvalue weighted by atomic mass is 32.2. The van der Waals surface area contributed by atoms with E-state index in [1.54, 1.807) is 10.3 Å². The van der Waals surface area contributed by atoms with E-state index >= 15 is 0 Å². The number of aromatic nitrogens is 3. The molecule has 5 rings (SSSR count). The fourth-order valence-corrected chi connectivity index (χ4v) is 5.93. The summed E-state index contributed by atoms with van der Waals surface area (Å²) in [6.07, 6.45) is 4.60. The van der Waals surface area contributed by atoms with Gasteiger partial charge in [-0.1, -0.05) is 55.0 Å². The van der Waals surface area contributed by atoms with E-state index in [0.717, 1.165) is 47.7 Å². The molecule has 7 heteroatoms. The molecule has 0 N–H and O–H groups in total. The van der Waals surface area contributed by atoms with E-state index in [1.165, 1.54) is 5.56 Å². The third-order valence-corrected chi connectivity index (χ3v) is 8.24. The van der Waals surface area contributed by atoms with Crippen LogP contribution in [-0.4, -0.2) is 49.2 Å². The Morgan fingerprint density at radius 3 is 2.59 bits per heavy atom. The van der Waals surface area contributed by atoms with E-state index < -0.39 is 11.0 Å². The molecule has 2 aromatic carbocycles. The summed E-state index contributed by atoms with van der Waals surface area (Å²) in [4.78, 5) is 14.8. The summed E-state index contributed by atoms with van der Waals surface area (Å²) in [6, 6.07) is 20.8. The zero-order valence-corrected chi connectivity index (χ0v) is 20.8. The lowest BCUT2D eigenvalue weighted by Crippen LogP contribution is -2.50. The minimum Gasteiger partial charge on any atom is -0.354 e. The Kier molecular flexibility index (Phi) is 6.48. The van der Waals surface area contributed by atoms with Crippen LogP contribution in [0.3, 0.4) is 0 Å². The summed E-state index contributed by atoms with van der Waals surface area (Å²) >= 11 is 0. The van der Waals surface area contributed by atoms with Gasteiger partial charge in [0.05, 0.1) is 10.3 Å². The number of piperidine rings is 1. The number of hydrogen-bond donors (Lipinski definition) is 0. The van der Waals surface area contributed by atoms with E-state index in [0.29, 0.717) is 17.6 Å². The minimum atomic E-state index is -1.36. The Hall–Kier alpha value is -3.03. The number of hydrogen-bond acceptors (Lipinski definition) is 5. The van der Waals surface area contributed by atoms with Crippen molar-refractivity contribution in [1.29, 1.82) is 0 Å². The van der Waals surface area contributed by atoms with Gasteiger partial charge in [-0.05, 0) is 49.6 Å². The molecule has 0 amide bonds. The molecule has 0 aliphatic carbocycles. The lowest BCUT2D eigenvalue weighted by molar-refractivity contribution is 0.159. The van der Waals surface area contributed by atoms with Crippen molar-refractivity contribution in [2.75, 3.05) is 25.0 Å². The molecular weight excluding hydrogens is 442 g/mol. The zero-order chi connectivity index (χ0) is 23.7. The zero-order valence-electron chi connectivity index (χ0n) is 20.0. The van der Waals surface area contributed by atoms with Crippen LogP contribution >= 0.6 is 0 Å². The molecule has 3 heterocycles. The number of anilines is 1. The van der Waals surface area contributed by atoms with Crippen LogP contribution in [0.1, 0.15) is 24.5 Å². The average Bonchev–Trinajstić information content (AvgIpc) is 3.30. The van der Waals surface area contributed by atoms with Crippen LogP contribution in [0, 0.1) is 12.8 Å². The SMILES string of the molecule is Cc1ccc(S(=O)n2ccc3c(N(C)[C@H]4CN(Cc5ccccc5)CC[C@H]4C)ncnc32)cc1. The van der Waals surface area contributed by atoms with Gasteiger partial charge in [-0.3, -0.25) is 4.90 Å². The van der Waals surface area contributed by atoms with Crippen LogP contribution in [0.15, 0.2) is 78.1 Å². The Balaban J connectivity index is 1.41. The summed E-state index contributed by atoms with van der Waals surface area (Å²) < 4.78 is 15.0. The topological polar surface area (TPSA) is 54.3 Å². The molecule has 1 aliphatic heterocycles. The molecule has 2 aromatic heterocycles. The molecule has 1 saturated heterocycles. The van der Waals surface area contributed by atoms with Crippen LogP contribution in [0.5, 0.6) is 0 Å². The molecule has 176 valence electrons. The normalized spacial score (nSPS) is 19.9. The highest BCUT2D eigenvalue weighted by molar-refractivity contribution is 7.83. The molecule has 0 saturated carbocycles. The van der Waals surface area contributed by atoms with Crippen molar-refractivity contribution in [3.05, 3.63) is 84.3 Å². The van der Waals surface area contributed by atoms with Crippen LogP contribution < -0.4 is 4.90 Å². The van der Waals surface area contributed by atoms with Crippen molar-refractivity contribution < 1.29 is 4.21 Å². The molecule has 1 aliphatic rings. The fourth-order valence-electron chi connectivity index (χ4n) is 4.86. The maximum atomic E-state index is 13.3.